The summed E-state index contributed by atoms with van der Waals surface area (Å²) in [6.45, 7) is -0.735. The van der Waals surface area contributed by atoms with Gasteiger partial charge in [-0.25, -0.2) is 5.01 Å². The van der Waals surface area contributed by atoms with Crippen LogP contribution >= 0.6 is 31.9 Å². The van der Waals surface area contributed by atoms with E-state index in [0.717, 1.165) is 23.2 Å². The molecule has 0 radical (unpaired) electrons. The summed E-state index contributed by atoms with van der Waals surface area (Å²) in [5.74, 6) is -4.45. The summed E-state index contributed by atoms with van der Waals surface area (Å²) < 4.78 is 0. The van der Waals surface area contributed by atoms with E-state index in [2.05, 4.69) is 31.9 Å². The molecule has 0 N–H and O–H groups in total. The SMILES string of the molecule is O=C(CN(C(=O)c1cccc([N+](=O)[O-])c1)N1C(=O)[C@@H]2[C@H]3C[C@@H]([C@H](Br)[C@H]3Br)[C@H]2C1=O)c1ccc([N+](=O)[O-])cc1. The Kier molecular flexibility index (Phi) is 6.63. The summed E-state index contributed by atoms with van der Waals surface area (Å²) in [6, 6.07) is 9.44. The van der Waals surface area contributed by atoms with Crippen LogP contribution in [0.25, 0.3) is 0 Å². The van der Waals surface area contributed by atoms with Gasteiger partial charge in [0.25, 0.3) is 29.1 Å². The van der Waals surface area contributed by atoms with E-state index in [9.17, 15) is 39.4 Å². The molecule has 2 aromatic rings. The molecule has 12 nitrogen and oxygen atoms in total. The number of alkyl halides is 2. The van der Waals surface area contributed by atoms with Gasteiger partial charge >= 0.3 is 0 Å². The van der Waals surface area contributed by atoms with Crippen molar-refractivity contribution in [3.8, 4) is 0 Å². The van der Waals surface area contributed by atoms with E-state index in [1.54, 1.807) is 0 Å². The van der Waals surface area contributed by atoms with Crippen molar-refractivity contribution < 1.29 is 29.0 Å². The predicted octanol–water partition coefficient (Wildman–Crippen LogP) is 3.52. The number of ketones is 1. The molecule has 2 aliphatic carbocycles. The Bertz CT molecular complexity index is 1370. The van der Waals surface area contributed by atoms with Crippen LogP contribution in [0.4, 0.5) is 11.4 Å². The van der Waals surface area contributed by atoms with Gasteiger partial charge in [-0.3, -0.25) is 39.4 Å². The Hall–Kier alpha value is -3.52. The van der Waals surface area contributed by atoms with Crippen LogP contribution in [-0.4, -0.2) is 59.6 Å². The molecule has 3 aliphatic rings. The molecule has 0 aromatic heterocycles. The van der Waals surface area contributed by atoms with Gasteiger partial charge in [0, 0.05) is 45.0 Å². The molecule has 1 saturated heterocycles. The van der Waals surface area contributed by atoms with Crippen molar-refractivity contribution in [1.82, 2.24) is 10.0 Å². The van der Waals surface area contributed by atoms with Crippen molar-refractivity contribution in [2.45, 2.75) is 16.1 Å². The molecular formula is C24H18Br2N4O8. The molecule has 14 heteroatoms. The molecule has 2 saturated carbocycles. The molecule has 1 aliphatic heterocycles. The third kappa shape index (κ3) is 4.11. The lowest BCUT2D eigenvalue weighted by Gasteiger charge is -2.30. The number of imide groups is 1. The van der Waals surface area contributed by atoms with E-state index in [1.807, 2.05) is 0 Å². The number of nitrogens with zero attached hydrogens (tertiary/aromatic N) is 4. The fourth-order valence-corrected chi connectivity index (χ4v) is 7.58. The van der Waals surface area contributed by atoms with E-state index in [4.69, 9.17) is 0 Å². The van der Waals surface area contributed by atoms with Gasteiger partial charge < -0.3 is 0 Å². The number of hydrazine groups is 1. The van der Waals surface area contributed by atoms with Crippen LogP contribution in [0.15, 0.2) is 48.5 Å². The molecule has 3 fully saturated rings. The Morgan fingerprint density at radius 2 is 1.42 bits per heavy atom. The third-order valence-corrected chi connectivity index (χ3v) is 10.6. The molecule has 38 heavy (non-hydrogen) atoms. The number of Topliss-reactive ketones (excluding diaryl/α,β-unsaturated/α-hetero) is 1. The van der Waals surface area contributed by atoms with Crippen molar-refractivity contribution >= 4 is 66.7 Å². The first kappa shape index (κ1) is 26.1. The zero-order valence-corrected chi connectivity index (χ0v) is 22.5. The van der Waals surface area contributed by atoms with Gasteiger partial charge in [0.15, 0.2) is 5.78 Å². The quantitative estimate of drug-likeness (QED) is 0.145. The molecule has 3 amide bonds. The number of benzene rings is 2. The van der Waals surface area contributed by atoms with Crippen molar-refractivity contribution in [3.05, 3.63) is 79.9 Å². The van der Waals surface area contributed by atoms with Gasteiger partial charge in [-0.2, -0.15) is 5.01 Å². The molecule has 2 aromatic carbocycles. The maximum absolute atomic E-state index is 13.6. The summed E-state index contributed by atoms with van der Waals surface area (Å²) >= 11 is 7.20. The maximum atomic E-state index is 13.6. The van der Waals surface area contributed by atoms with Crippen LogP contribution in [0.5, 0.6) is 0 Å². The first-order valence-electron chi connectivity index (χ1n) is 11.5. The largest absolute Gasteiger partial charge is 0.292 e. The fourth-order valence-electron chi connectivity index (χ4n) is 5.70. The van der Waals surface area contributed by atoms with Crippen LogP contribution < -0.4 is 0 Å². The van der Waals surface area contributed by atoms with Crippen LogP contribution in [0, 0.1) is 43.9 Å². The zero-order valence-electron chi connectivity index (χ0n) is 19.3. The van der Waals surface area contributed by atoms with E-state index in [-0.39, 0.29) is 44.0 Å². The molecule has 0 unspecified atom stereocenters. The summed E-state index contributed by atoms with van der Waals surface area (Å²) in [6.07, 6.45) is 0.660. The first-order valence-corrected chi connectivity index (χ1v) is 13.3. The summed E-state index contributed by atoms with van der Waals surface area (Å²) in [5, 5.41) is 23.7. The molecule has 6 atom stereocenters. The second-order valence-electron chi connectivity index (χ2n) is 9.39. The highest BCUT2D eigenvalue weighted by Gasteiger charge is 2.67. The summed E-state index contributed by atoms with van der Waals surface area (Å²) in [7, 11) is 0. The van der Waals surface area contributed by atoms with Crippen LogP contribution in [-0.2, 0) is 9.59 Å². The highest BCUT2D eigenvalue weighted by molar-refractivity contribution is 9.12. The van der Waals surface area contributed by atoms with Crippen molar-refractivity contribution in [2.75, 3.05) is 6.54 Å². The number of fused-ring (bicyclic) bond motifs is 5. The van der Waals surface area contributed by atoms with E-state index < -0.39 is 51.7 Å². The first-order chi connectivity index (χ1) is 18.0. The minimum absolute atomic E-state index is 0.0212. The Morgan fingerprint density at radius 1 is 0.868 bits per heavy atom. The second-order valence-corrected chi connectivity index (χ2v) is 11.5. The molecule has 0 spiro atoms. The van der Waals surface area contributed by atoms with Gasteiger partial charge in [-0.15, -0.1) is 0 Å². The van der Waals surface area contributed by atoms with Crippen molar-refractivity contribution in [1.29, 1.82) is 0 Å². The number of hydrogen-bond acceptors (Lipinski definition) is 8. The summed E-state index contributed by atoms with van der Waals surface area (Å²) in [5.41, 5.74) is -0.787. The highest BCUT2D eigenvalue weighted by atomic mass is 79.9. The lowest BCUT2D eigenvalue weighted by Crippen LogP contribution is -2.52. The average Bonchev–Trinajstić information content (AvgIpc) is 3.51. The van der Waals surface area contributed by atoms with Gasteiger partial charge in [0.2, 0.25) is 0 Å². The van der Waals surface area contributed by atoms with Crippen LogP contribution in [0.2, 0.25) is 0 Å². The molecular weight excluding hydrogens is 632 g/mol. The number of hydrogen-bond donors (Lipinski definition) is 0. The molecule has 196 valence electrons. The molecule has 5 rings (SSSR count). The average molecular weight is 650 g/mol. The van der Waals surface area contributed by atoms with Gasteiger partial charge in [0.05, 0.1) is 21.7 Å². The fraction of sp³-hybridized carbons (Fsp3) is 0.333. The van der Waals surface area contributed by atoms with E-state index >= 15 is 0 Å². The summed E-state index contributed by atoms with van der Waals surface area (Å²) in [4.78, 5) is 74.8. The minimum Gasteiger partial charge on any atom is -0.292 e. The number of non-ortho nitro benzene ring substituents is 2. The topological polar surface area (TPSA) is 161 Å². The van der Waals surface area contributed by atoms with Gasteiger partial charge in [-0.05, 0) is 36.5 Å². The maximum Gasteiger partial charge on any atom is 0.273 e. The minimum atomic E-state index is -0.941. The number of rotatable bonds is 7. The number of carbonyl (C=O) groups is 4. The van der Waals surface area contributed by atoms with Crippen molar-refractivity contribution in [2.24, 2.45) is 23.7 Å². The number of halogens is 2. The third-order valence-electron chi connectivity index (χ3n) is 7.44. The Morgan fingerprint density at radius 3 is 1.95 bits per heavy atom. The van der Waals surface area contributed by atoms with Gasteiger partial charge in [0.1, 0.15) is 6.54 Å². The van der Waals surface area contributed by atoms with Crippen LogP contribution in [0.1, 0.15) is 27.1 Å². The monoisotopic (exact) mass is 648 g/mol. The van der Waals surface area contributed by atoms with E-state index in [0.29, 0.717) is 11.4 Å². The van der Waals surface area contributed by atoms with Crippen molar-refractivity contribution in [3.63, 3.8) is 0 Å². The predicted molar refractivity (Wildman–Crippen MR) is 137 cm³/mol. The van der Waals surface area contributed by atoms with Gasteiger partial charge in [-0.1, -0.05) is 37.9 Å². The number of nitro groups is 2. The number of nitro benzene ring substituents is 2. The molecule has 2 bridgehead atoms. The standard InChI is InChI=1S/C24H18Br2N4O8/c25-20-15-9-16(21(20)26)19-18(15)23(33)28(24(19)34)27(22(32)12-2-1-3-14(8-12)30(37)38)10-17(31)11-4-6-13(7-5-11)29(35)36/h1-8,15-16,18-21H,9-10H2/t15-,16-,18-,19-,20+,21+/m1/s1. The smallest absolute Gasteiger partial charge is 0.273 e. The Labute approximate surface area is 231 Å². The normalized spacial score (nSPS) is 27.4. The van der Waals surface area contributed by atoms with Crippen LogP contribution in [0.3, 0.4) is 0 Å². The number of carbonyl (C=O) groups excluding carboxylic acids is 4. The van der Waals surface area contributed by atoms with E-state index in [1.165, 1.54) is 30.3 Å². The Balaban J connectivity index is 1.51. The second kappa shape index (κ2) is 9.66. The highest BCUT2D eigenvalue weighted by Crippen LogP contribution is 2.60. The lowest BCUT2D eigenvalue weighted by atomic mass is 9.81. The lowest BCUT2D eigenvalue weighted by molar-refractivity contribution is -0.385. The molecule has 1 heterocycles. The zero-order chi connectivity index (χ0) is 27.5. The number of amides is 3.